The standard InChI is InChI=1S/C12H14ClN3O/c1-7-12(13)8(2)16(15-7)9-4-5-10(14)11(6-9)17-3/h4-6H,14H2,1-3H3. The van der Waals surface area contributed by atoms with E-state index in [1.54, 1.807) is 17.9 Å². The van der Waals surface area contributed by atoms with E-state index < -0.39 is 0 Å². The minimum atomic E-state index is 0.601. The molecule has 0 aliphatic rings. The normalized spacial score (nSPS) is 10.6. The Morgan fingerprint density at radius 2 is 2.06 bits per heavy atom. The van der Waals surface area contributed by atoms with E-state index in [-0.39, 0.29) is 0 Å². The van der Waals surface area contributed by atoms with E-state index in [0.717, 1.165) is 17.1 Å². The maximum atomic E-state index is 6.11. The number of hydrogen-bond acceptors (Lipinski definition) is 3. The first-order valence-electron chi connectivity index (χ1n) is 5.20. The molecule has 0 bridgehead atoms. The van der Waals surface area contributed by atoms with Crippen LogP contribution in [0.15, 0.2) is 18.2 Å². The van der Waals surface area contributed by atoms with E-state index in [4.69, 9.17) is 22.1 Å². The fourth-order valence-electron chi connectivity index (χ4n) is 1.71. The Kier molecular flexibility index (Phi) is 2.98. The Hall–Kier alpha value is -1.68. The SMILES string of the molecule is COc1cc(-n2nc(C)c(Cl)c2C)ccc1N. The van der Waals surface area contributed by atoms with E-state index in [2.05, 4.69) is 5.10 Å². The van der Waals surface area contributed by atoms with E-state index in [0.29, 0.717) is 16.5 Å². The third-order valence-corrected chi connectivity index (χ3v) is 3.21. The van der Waals surface area contributed by atoms with Gasteiger partial charge in [-0.15, -0.1) is 0 Å². The zero-order chi connectivity index (χ0) is 12.6. The average molecular weight is 252 g/mol. The zero-order valence-electron chi connectivity index (χ0n) is 9.99. The summed E-state index contributed by atoms with van der Waals surface area (Å²) in [7, 11) is 1.59. The summed E-state index contributed by atoms with van der Waals surface area (Å²) in [6, 6.07) is 5.51. The van der Waals surface area contributed by atoms with Crippen molar-refractivity contribution in [2.45, 2.75) is 13.8 Å². The number of nitrogen functional groups attached to an aromatic ring is 1. The summed E-state index contributed by atoms with van der Waals surface area (Å²) in [6.07, 6.45) is 0. The molecule has 4 nitrogen and oxygen atoms in total. The zero-order valence-corrected chi connectivity index (χ0v) is 10.7. The van der Waals surface area contributed by atoms with Gasteiger partial charge in [-0.05, 0) is 26.0 Å². The number of halogens is 1. The van der Waals surface area contributed by atoms with Gasteiger partial charge in [-0.1, -0.05) is 11.6 Å². The van der Waals surface area contributed by atoms with Gasteiger partial charge in [0.25, 0.3) is 0 Å². The van der Waals surface area contributed by atoms with Crippen molar-refractivity contribution in [2.75, 3.05) is 12.8 Å². The Morgan fingerprint density at radius 3 is 2.59 bits per heavy atom. The van der Waals surface area contributed by atoms with Gasteiger partial charge in [-0.2, -0.15) is 5.10 Å². The van der Waals surface area contributed by atoms with E-state index >= 15 is 0 Å². The summed E-state index contributed by atoms with van der Waals surface area (Å²) < 4.78 is 6.96. The van der Waals surface area contributed by atoms with Crippen LogP contribution in [0.5, 0.6) is 5.75 Å². The van der Waals surface area contributed by atoms with Crippen molar-refractivity contribution in [1.29, 1.82) is 0 Å². The number of nitrogens with zero attached hydrogens (tertiary/aromatic N) is 2. The van der Waals surface area contributed by atoms with Gasteiger partial charge in [-0.3, -0.25) is 0 Å². The molecule has 0 fully saturated rings. The summed E-state index contributed by atoms with van der Waals surface area (Å²) >= 11 is 6.11. The lowest BCUT2D eigenvalue weighted by Crippen LogP contribution is -2.01. The first-order valence-corrected chi connectivity index (χ1v) is 5.58. The molecule has 2 rings (SSSR count). The molecule has 0 unspecified atom stereocenters. The molecule has 1 aromatic carbocycles. The van der Waals surface area contributed by atoms with Crippen LogP contribution in [-0.2, 0) is 0 Å². The maximum Gasteiger partial charge on any atom is 0.143 e. The van der Waals surface area contributed by atoms with Crippen molar-refractivity contribution >= 4 is 17.3 Å². The molecular formula is C12H14ClN3O. The van der Waals surface area contributed by atoms with Crippen LogP contribution in [0.1, 0.15) is 11.4 Å². The van der Waals surface area contributed by atoms with Gasteiger partial charge in [0.2, 0.25) is 0 Å². The number of nitrogens with two attached hydrogens (primary N) is 1. The minimum absolute atomic E-state index is 0.601. The molecule has 0 radical (unpaired) electrons. The third-order valence-electron chi connectivity index (χ3n) is 2.66. The molecule has 90 valence electrons. The second-order valence-electron chi connectivity index (χ2n) is 3.82. The molecule has 1 heterocycles. The van der Waals surface area contributed by atoms with Crippen molar-refractivity contribution < 1.29 is 4.74 Å². The molecule has 0 aliphatic carbocycles. The topological polar surface area (TPSA) is 53.1 Å². The van der Waals surface area contributed by atoms with Gasteiger partial charge in [0.05, 0.1) is 34.9 Å². The second-order valence-corrected chi connectivity index (χ2v) is 4.20. The molecule has 2 N–H and O–H groups in total. The van der Waals surface area contributed by atoms with E-state index in [9.17, 15) is 0 Å². The van der Waals surface area contributed by atoms with Crippen LogP contribution < -0.4 is 10.5 Å². The van der Waals surface area contributed by atoms with Crippen LogP contribution in [0, 0.1) is 13.8 Å². The number of hydrogen-bond donors (Lipinski definition) is 1. The number of benzene rings is 1. The fourth-order valence-corrected chi connectivity index (χ4v) is 1.82. The summed E-state index contributed by atoms with van der Waals surface area (Å²) in [5.41, 5.74) is 8.95. The largest absolute Gasteiger partial charge is 0.495 e. The van der Waals surface area contributed by atoms with Crippen molar-refractivity contribution in [3.05, 3.63) is 34.6 Å². The highest BCUT2D eigenvalue weighted by atomic mass is 35.5. The van der Waals surface area contributed by atoms with Crippen molar-refractivity contribution in [3.63, 3.8) is 0 Å². The van der Waals surface area contributed by atoms with Crippen LogP contribution in [0.2, 0.25) is 5.02 Å². The number of aromatic nitrogens is 2. The summed E-state index contributed by atoms with van der Waals surface area (Å²) in [6.45, 7) is 3.80. The molecule has 0 atom stereocenters. The Bertz CT molecular complexity index is 563. The van der Waals surface area contributed by atoms with E-state index in [1.165, 1.54) is 0 Å². The smallest absolute Gasteiger partial charge is 0.143 e. The Balaban J connectivity index is 2.57. The molecule has 1 aromatic heterocycles. The maximum absolute atomic E-state index is 6.11. The molecule has 0 amide bonds. The number of anilines is 1. The lowest BCUT2D eigenvalue weighted by Gasteiger charge is -2.08. The van der Waals surface area contributed by atoms with Gasteiger partial charge >= 0.3 is 0 Å². The third kappa shape index (κ3) is 1.96. The highest BCUT2D eigenvalue weighted by Gasteiger charge is 2.11. The average Bonchev–Trinajstić information content (AvgIpc) is 2.58. The predicted molar refractivity (Wildman–Crippen MR) is 69.0 cm³/mol. The van der Waals surface area contributed by atoms with Crippen LogP contribution in [0.25, 0.3) is 5.69 Å². The molecule has 2 aromatic rings. The second kappa shape index (κ2) is 4.30. The van der Waals surface area contributed by atoms with Crippen LogP contribution >= 0.6 is 11.6 Å². The van der Waals surface area contributed by atoms with Crippen LogP contribution in [-0.4, -0.2) is 16.9 Å². The Morgan fingerprint density at radius 1 is 1.35 bits per heavy atom. The highest BCUT2D eigenvalue weighted by Crippen LogP contribution is 2.27. The molecule has 0 saturated carbocycles. The molecule has 0 saturated heterocycles. The first kappa shape index (κ1) is 11.8. The van der Waals surface area contributed by atoms with Crippen molar-refractivity contribution in [2.24, 2.45) is 0 Å². The lowest BCUT2D eigenvalue weighted by molar-refractivity contribution is 0.416. The molecule has 17 heavy (non-hydrogen) atoms. The number of methoxy groups -OCH3 is 1. The predicted octanol–water partition coefficient (Wildman–Crippen LogP) is 2.73. The molecule has 5 heteroatoms. The molecule has 0 spiro atoms. The quantitative estimate of drug-likeness (QED) is 0.835. The van der Waals surface area contributed by atoms with Gasteiger partial charge in [0.15, 0.2) is 0 Å². The van der Waals surface area contributed by atoms with Gasteiger partial charge < -0.3 is 10.5 Å². The van der Waals surface area contributed by atoms with Crippen molar-refractivity contribution in [1.82, 2.24) is 9.78 Å². The first-order chi connectivity index (χ1) is 8.04. The monoisotopic (exact) mass is 251 g/mol. The van der Waals surface area contributed by atoms with Gasteiger partial charge in [0, 0.05) is 6.07 Å². The van der Waals surface area contributed by atoms with E-state index in [1.807, 2.05) is 26.0 Å². The summed E-state index contributed by atoms with van der Waals surface area (Å²) in [4.78, 5) is 0. The minimum Gasteiger partial charge on any atom is -0.495 e. The van der Waals surface area contributed by atoms with Crippen molar-refractivity contribution in [3.8, 4) is 11.4 Å². The number of ether oxygens (including phenoxy) is 1. The number of rotatable bonds is 2. The van der Waals surface area contributed by atoms with Crippen LogP contribution in [0.4, 0.5) is 5.69 Å². The summed E-state index contributed by atoms with van der Waals surface area (Å²) in [5, 5.41) is 5.05. The Labute approximate surface area is 105 Å². The number of aryl methyl sites for hydroxylation is 1. The molecule has 0 aliphatic heterocycles. The van der Waals surface area contributed by atoms with Gasteiger partial charge in [0.1, 0.15) is 5.75 Å². The molecular weight excluding hydrogens is 238 g/mol. The summed E-state index contributed by atoms with van der Waals surface area (Å²) in [5.74, 6) is 0.631. The highest BCUT2D eigenvalue weighted by molar-refractivity contribution is 6.31. The van der Waals surface area contributed by atoms with Crippen LogP contribution in [0.3, 0.4) is 0 Å². The fraction of sp³-hybridized carbons (Fsp3) is 0.250. The lowest BCUT2D eigenvalue weighted by atomic mass is 10.2. The van der Waals surface area contributed by atoms with Gasteiger partial charge in [-0.25, -0.2) is 4.68 Å².